The van der Waals surface area contributed by atoms with Crippen molar-refractivity contribution in [2.75, 3.05) is 26.7 Å². The zero-order valence-electron chi connectivity index (χ0n) is 87.8. The van der Waals surface area contributed by atoms with Crippen molar-refractivity contribution in [3.63, 3.8) is 0 Å². The van der Waals surface area contributed by atoms with E-state index < -0.39 is 12.2 Å². The van der Waals surface area contributed by atoms with Crippen LogP contribution in [0.3, 0.4) is 0 Å². The average Bonchev–Trinajstić information content (AvgIpc) is 0.926. The molecule has 0 aromatic heterocycles. The number of Topliss-reactive ketones (excluding diaryl/α,β-unsaturated/α-hetero) is 3. The number of carbonyl (C=O) groups excluding carboxylic acids is 7. The van der Waals surface area contributed by atoms with E-state index in [4.69, 9.17) is 0 Å². The largest absolute Gasteiger partial charge is 0.469 e. The predicted molar refractivity (Wildman–Crippen MR) is 578 cm³/mol. The van der Waals surface area contributed by atoms with Crippen LogP contribution < -0.4 is 5.32 Å². The number of likely N-dealkylation sites (tertiary alicyclic amines) is 1. The molecule has 1 aliphatic rings. The van der Waals surface area contributed by atoms with Crippen LogP contribution in [0, 0.1) is 17.8 Å². The summed E-state index contributed by atoms with van der Waals surface area (Å²) in [5, 5.41) is 21.5. The molecule has 12 nitrogen and oxygen atoms in total. The highest BCUT2D eigenvalue weighted by molar-refractivity contribution is 5.90. The second-order valence-electron chi connectivity index (χ2n) is 35.8. The Balaban J connectivity index is -0.000000463. The van der Waals surface area contributed by atoms with Crippen molar-refractivity contribution in [3.8, 4) is 0 Å². The maximum absolute atomic E-state index is 11.6. The van der Waals surface area contributed by atoms with Crippen LogP contribution in [0.4, 0.5) is 0 Å². The molecule has 1 aliphatic heterocycles. The number of unbranched alkanes of at least 4 members (excludes halogenated alkanes) is 24. The van der Waals surface area contributed by atoms with Crippen molar-refractivity contribution in [1.29, 1.82) is 0 Å². The van der Waals surface area contributed by atoms with Crippen LogP contribution in [0.25, 0.3) is 0 Å². The standard InChI is InChI=1S/C17H29NO.C15H30.C15H26.2C13H18O2.C13H16O.C12H19NO.C12H24O.C11H20O2/c1-4-5-6-7-8-9-10-11-12-13-14-17(19)18-15-16(2)3;2*1-3-5-7-9-11-13-15-14-12-10-8-6-4-2;2*1-2-12(14)10-13(15)9-8-11-6-4-3-5-7-11;1-2-3-9-13(14)11-10-12-7-5-4-6-8-12;1-2-3-4-6-9-12(14)13-10-7-5-8-11-13;1-4-12(13)10-8-6-5-7-9-11(2)3;1-10(2)8-6-4-5-7-9-11(12)13-3/h4,11-14,16H,1,5-10,15H2,2-3H3,(H,18,19);9,11H,3-8,10,12-15H2,1-2H3;3,5,8,10,14-15H,4,6-7,9,11-13H2,1-2H3;2*3-7,12,14H,2,8-10H2,1H3;3-9H,2,10-11H2,1H3;2,6,9H,1,3-5,7-8,10-11H2;11H,4-10H2,1-3H3;6,8,10H,4-5,7,9H2,1-3H3/b12-11+,14-13+;11-9-;5-3-,10-8-,15-14-;;;9-3+;9-6+;;8-6+. The van der Waals surface area contributed by atoms with Crippen LogP contribution in [0.1, 0.15) is 422 Å². The zero-order valence-corrected chi connectivity index (χ0v) is 87.8. The number of esters is 1. The van der Waals surface area contributed by atoms with E-state index in [2.05, 4.69) is 171 Å². The lowest BCUT2D eigenvalue weighted by Crippen LogP contribution is -2.34. The number of benzene rings is 3. The minimum Gasteiger partial charge on any atom is -0.469 e. The molecule has 2 unspecified atom stereocenters. The highest BCUT2D eigenvalue weighted by atomic mass is 16.5. The zero-order chi connectivity index (χ0) is 99.6. The van der Waals surface area contributed by atoms with Gasteiger partial charge >= 0.3 is 5.97 Å². The van der Waals surface area contributed by atoms with Gasteiger partial charge < -0.3 is 25.2 Å². The molecule has 3 aromatic carbocycles. The normalized spacial score (nSPS) is 12.2. The number of methoxy groups -OCH3 is 1. The Morgan fingerprint density at radius 2 is 0.865 bits per heavy atom. The van der Waals surface area contributed by atoms with E-state index in [-0.39, 0.29) is 35.1 Å². The van der Waals surface area contributed by atoms with Crippen LogP contribution in [0.15, 0.2) is 226 Å². The summed E-state index contributed by atoms with van der Waals surface area (Å²) in [6.07, 6.45) is 95.2. The van der Waals surface area contributed by atoms with E-state index in [1.807, 2.05) is 148 Å². The number of aliphatic hydroxyl groups excluding tert-OH is 2. The van der Waals surface area contributed by atoms with Crippen LogP contribution in [0.2, 0.25) is 0 Å². The van der Waals surface area contributed by atoms with E-state index in [0.717, 1.165) is 128 Å². The third-order valence-corrected chi connectivity index (χ3v) is 21.4. The Kier molecular flexibility index (Phi) is 109. The number of nitrogens with one attached hydrogen (secondary N) is 1. The lowest BCUT2D eigenvalue weighted by molar-refractivity contribution is -0.140. The van der Waals surface area contributed by atoms with Crippen molar-refractivity contribution in [3.05, 3.63) is 242 Å². The Labute approximate surface area is 818 Å². The third kappa shape index (κ3) is 112. The lowest BCUT2D eigenvalue weighted by Gasteiger charge is -2.25. The molecule has 12 heteroatoms. The number of hydrogen-bond acceptors (Lipinski definition) is 10. The second-order valence-corrected chi connectivity index (χ2v) is 35.8. The molecule has 0 saturated carbocycles. The van der Waals surface area contributed by atoms with Crippen molar-refractivity contribution in [2.24, 2.45) is 17.8 Å². The number of rotatable bonds is 66. The molecular formula is C121H200N2O10. The second kappa shape index (κ2) is 109. The number of aliphatic hydroxyl groups is 2. The molecule has 133 heavy (non-hydrogen) atoms. The lowest BCUT2D eigenvalue weighted by atomic mass is 10.0. The molecule has 1 saturated heterocycles. The summed E-state index contributed by atoms with van der Waals surface area (Å²) in [4.78, 5) is 80.7. The van der Waals surface area contributed by atoms with E-state index >= 15 is 0 Å². The number of hydrogen-bond donors (Lipinski definition) is 3. The van der Waals surface area contributed by atoms with Gasteiger partial charge in [0.05, 0.1) is 19.3 Å². The fourth-order valence-electron chi connectivity index (χ4n) is 12.9. The Morgan fingerprint density at radius 1 is 0.414 bits per heavy atom. The number of nitrogens with zero attached hydrogens (tertiary/aromatic N) is 1. The van der Waals surface area contributed by atoms with Crippen molar-refractivity contribution >= 4 is 40.9 Å². The first-order valence-electron chi connectivity index (χ1n) is 52.7. The number of allylic oxidation sites excluding steroid dienone is 18. The van der Waals surface area contributed by atoms with Crippen molar-refractivity contribution in [2.45, 2.75) is 437 Å². The van der Waals surface area contributed by atoms with Gasteiger partial charge in [-0.15, -0.1) is 13.2 Å². The minimum absolute atomic E-state index is 0.0113. The van der Waals surface area contributed by atoms with Gasteiger partial charge in [0.15, 0.2) is 5.78 Å². The summed E-state index contributed by atoms with van der Waals surface area (Å²) in [5.41, 5.74) is 3.58. The SMILES string of the molecule is C/C=C\CCCC/C=C\C/C=C\CCC.C=CCC/C=C/C(=O)N1CCCCC1.C=CCCCCCC/C=C/C=C/C(=O)NCC(C)C.CC/C=C/C(=O)CCc1ccccc1.CCC(=O)CCCCCCC(C)C.CCC(O)CC(=O)CCc1ccccc1.CCC(O)CC(=O)CCc1ccccc1.CCCC/C=C\CCCCCCCCC.COC(=O)CCCC/C=C/C(C)C. The quantitative estimate of drug-likeness (QED) is 0.0162. The highest BCUT2D eigenvalue weighted by Crippen LogP contribution is 2.16. The topological polar surface area (TPSA) is 184 Å². The molecule has 3 N–H and O–H groups in total. The Bertz CT molecular complexity index is 3320. The van der Waals surface area contributed by atoms with Gasteiger partial charge in [0, 0.05) is 77.1 Å². The molecule has 0 bridgehead atoms. The van der Waals surface area contributed by atoms with Crippen molar-refractivity contribution in [1.82, 2.24) is 10.2 Å². The van der Waals surface area contributed by atoms with Crippen LogP contribution in [-0.4, -0.2) is 95.0 Å². The minimum atomic E-state index is -0.465. The molecule has 2 atom stereocenters. The Morgan fingerprint density at radius 3 is 1.35 bits per heavy atom. The van der Waals surface area contributed by atoms with E-state index in [1.54, 1.807) is 18.2 Å². The maximum atomic E-state index is 11.6. The first-order valence-corrected chi connectivity index (χ1v) is 52.7. The summed E-state index contributed by atoms with van der Waals surface area (Å²) in [5.74, 6) is 2.94. The molecule has 2 amide bonds. The van der Waals surface area contributed by atoms with Gasteiger partial charge in [-0.2, -0.15) is 0 Å². The van der Waals surface area contributed by atoms with Gasteiger partial charge in [-0.1, -0.05) is 381 Å². The number of piperidine rings is 1. The molecule has 0 radical (unpaired) electrons. The van der Waals surface area contributed by atoms with Gasteiger partial charge in [0.1, 0.15) is 17.3 Å². The number of amides is 2. The van der Waals surface area contributed by atoms with Gasteiger partial charge in [-0.05, 0) is 233 Å². The number of carbonyl (C=O) groups is 7. The molecule has 0 aliphatic carbocycles. The Hall–Kier alpha value is -8.19. The van der Waals surface area contributed by atoms with Crippen LogP contribution >= 0.6 is 0 Å². The van der Waals surface area contributed by atoms with Gasteiger partial charge in [-0.25, -0.2) is 0 Å². The van der Waals surface area contributed by atoms with E-state index in [1.165, 1.54) is 191 Å². The molecule has 1 heterocycles. The van der Waals surface area contributed by atoms with Crippen LogP contribution in [-0.2, 0) is 57.6 Å². The van der Waals surface area contributed by atoms with Gasteiger partial charge in [0.2, 0.25) is 11.8 Å². The summed E-state index contributed by atoms with van der Waals surface area (Å²) in [7, 11) is 1.43. The van der Waals surface area contributed by atoms with Crippen LogP contribution in [0.5, 0.6) is 0 Å². The molecule has 754 valence electrons. The van der Waals surface area contributed by atoms with E-state index in [9.17, 15) is 43.8 Å². The predicted octanol–water partition coefficient (Wildman–Crippen LogP) is 33.0. The van der Waals surface area contributed by atoms with Gasteiger partial charge in [0.25, 0.3) is 0 Å². The molecule has 3 aromatic rings. The summed E-state index contributed by atoms with van der Waals surface area (Å²) in [6, 6.07) is 30.0. The summed E-state index contributed by atoms with van der Waals surface area (Å²) in [6.45, 7) is 39.5. The average molecular weight is 1840 g/mol. The van der Waals surface area contributed by atoms with Crippen molar-refractivity contribution < 1.29 is 48.5 Å². The highest BCUT2D eigenvalue weighted by Gasteiger charge is 2.14. The molecule has 1 fully saturated rings. The fraction of sp³-hybridized carbons (Fsp3) is 0.612. The first-order chi connectivity index (χ1) is 64.4. The first kappa shape index (κ1) is 133. The molecular weight excluding hydrogens is 1640 g/mol. The smallest absolute Gasteiger partial charge is 0.305 e. The number of ketones is 4. The molecule has 4 rings (SSSR count). The third-order valence-electron chi connectivity index (χ3n) is 21.4. The maximum Gasteiger partial charge on any atom is 0.305 e. The summed E-state index contributed by atoms with van der Waals surface area (Å²) < 4.78 is 4.54. The number of ether oxygens (including phenoxy) is 1. The van der Waals surface area contributed by atoms with Gasteiger partial charge in [-0.3, -0.25) is 33.6 Å². The fourth-order valence-corrected chi connectivity index (χ4v) is 12.9. The number of aryl methyl sites for hydroxylation is 3. The summed E-state index contributed by atoms with van der Waals surface area (Å²) >= 11 is 0. The van der Waals surface area contributed by atoms with E-state index in [0.29, 0.717) is 75.4 Å². The molecule has 0 spiro atoms. The monoisotopic (exact) mass is 1840 g/mol.